The van der Waals surface area contributed by atoms with E-state index < -0.39 is 18.2 Å². The largest absolute Gasteiger partial charge is 0.391 e. The van der Waals surface area contributed by atoms with Gasteiger partial charge in [-0.1, -0.05) is 61.7 Å². The molecule has 0 spiro atoms. The molecule has 1 saturated carbocycles. The molecule has 0 radical (unpaired) electrons. The molecule has 2 aromatic carbocycles. The number of fused-ring (bicyclic) bond motifs is 1. The van der Waals surface area contributed by atoms with Crippen LogP contribution in [0.15, 0.2) is 54.0 Å². The van der Waals surface area contributed by atoms with Gasteiger partial charge in [0.25, 0.3) is 5.91 Å². The summed E-state index contributed by atoms with van der Waals surface area (Å²) in [6.07, 6.45) is 4.34. The van der Waals surface area contributed by atoms with Gasteiger partial charge in [-0.3, -0.25) is 14.4 Å². The Bertz CT molecular complexity index is 1430. The van der Waals surface area contributed by atoms with Crippen LogP contribution in [-0.4, -0.2) is 62.3 Å². The Morgan fingerprint density at radius 3 is 2.56 bits per heavy atom. The summed E-state index contributed by atoms with van der Waals surface area (Å²) in [6.45, 7) is 2.80. The van der Waals surface area contributed by atoms with E-state index in [4.69, 9.17) is 0 Å². The Hall–Kier alpha value is -3.56. The van der Waals surface area contributed by atoms with Gasteiger partial charge in [0.15, 0.2) is 0 Å². The lowest BCUT2D eigenvalue weighted by molar-refractivity contribution is -0.144. The van der Waals surface area contributed by atoms with Crippen molar-refractivity contribution >= 4 is 29.1 Å². The first-order valence-corrected chi connectivity index (χ1v) is 15.4. The van der Waals surface area contributed by atoms with Crippen LogP contribution in [0.5, 0.6) is 0 Å². The van der Waals surface area contributed by atoms with Crippen molar-refractivity contribution < 1.29 is 19.5 Å². The van der Waals surface area contributed by atoms with Gasteiger partial charge < -0.3 is 20.2 Å². The highest BCUT2D eigenvalue weighted by Crippen LogP contribution is 2.36. The molecule has 214 valence electrons. The molecule has 2 N–H and O–H groups in total. The number of amides is 3. The highest BCUT2D eigenvalue weighted by molar-refractivity contribution is 7.13. The summed E-state index contributed by atoms with van der Waals surface area (Å²) in [5.74, 6) is -0.589. The standard InChI is InChI=1S/C32H36N4O4S/c1-20-29(41-19-34-20)23-13-11-21(12-14-23)16-33-30(38)27-15-25(37)18-35(27)32(40)28(22-7-3-2-4-8-22)36-17-24-9-5-6-10-26(24)31(36)39/h5-6,9-14,19,22,25,27-28,37H,2-4,7-8,15-18H2,1H3,(H,33,38)/t25-,27+,28?/m1/s1. The molecule has 3 amide bonds. The lowest BCUT2D eigenvalue weighted by Gasteiger charge is -2.38. The number of β-amino-alcohol motifs (C(OH)–C–C–N with tert-alkyl or cyclic N) is 1. The van der Waals surface area contributed by atoms with Gasteiger partial charge in [0, 0.05) is 31.6 Å². The van der Waals surface area contributed by atoms with Crippen LogP contribution in [0.2, 0.25) is 0 Å². The number of likely N-dealkylation sites (tertiary alicyclic amines) is 1. The zero-order valence-corrected chi connectivity index (χ0v) is 24.1. The number of aliphatic hydroxyl groups excluding tert-OH is 1. The second-order valence-corrected chi connectivity index (χ2v) is 12.4. The van der Waals surface area contributed by atoms with Crippen LogP contribution in [0.25, 0.3) is 10.4 Å². The fourth-order valence-electron chi connectivity index (χ4n) is 6.68. The summed E-state index contributed by atoms with van der Waals surface area (Å²) >= 11 is 1.60. The minimum absolute atomic E-state index is 0.0386. The number of aromatic nitrogens is 1. The average Bonchev–Trinajstić information content (AvgIpc) is 3.70. The van der Waals surface area contributed by atoms with Crippen LogP contribution in [-0.2, 0) is 22.7 Å². The molecule has 0 bridgehead atoms. The van der Waals surface area contributed by atoms with Crippen LogP contribution in [0.4, 0.5) is 0 Å². The van der Waals surface area contributed by atoms with Gasteiger partial charge in [-0.2, -0.15) is 0 Å². The third kappa shape index (κ3) is 5.53. The Kier molecular flexibility index (Phi) is 7.90. The van der Waals surface area contributed by atoms with Gasteiger partial charge in [0.05, 0.1) is 22.2 Å². The number of aryl methyl sites for hydroxylation is 1. The van der Waals surface area contributed by atoms with Crippen molar-refractivity contribution in [1.82, 2.24) is 20.1 Å². The van der Waals surface area contributed by atoms with E-state index in [-0.39, 0.29) is 36.6 Å². The molecule has 1 unspecified atom stereocenters. The summed E-state index contributed by atoms with van der Waals surface area (Å²) in [5.41, 5.74) is 6.43. The first-order chi connectivity index (χ1) is 19.9. The van der Waals surface area contributed by atoms with Crippen molar-refractivity contribution in [2.24, 2.45) is 5.92 Å². The molecule has 9 heteroatoms. The van der Waals surface area contributed by atoms with E-state index in [0.29, 0.717) is 18.7 Å². The van der Waals surface area contributed by atoms with Gasteiger partial charge >= 0.3 is 0 Å². The van der Waals surface area contributed by atoms with Gasteiger partial charge in [-0.05, 0) is 48.4 Å². The fourth-order valence-corrected chi connectivity index (χ4v) is 7.49. The van der Waals surface area contributed by atoms with Crippen LogP contribution in [0.1, 0.15) is 65.7 Å². The topological polar surface area (TPSA) is 103 Å². The number of aliphatic hydroxyl groups is 1. The maximum Gasteiger partial charge on any atom is 0.255 e. The van der Waals surface area contributed by atoms with Gasteiger partial charge in [0.2, 0.25) is 11.8 Å². The van der Waals surface area contributed by atoms with Crippen molar-refractivity contribution in [1.29, 1.82) is 0 Å². The highest BCUT2D eigenvalue weighted by atomic mass is 32.1. The van der Waals surface area contributed by atoms with E-state index in [0.717, 1.165) is 59.4 Å². The number of carbonyl (C=O) groups is 3. The quantitative estimate of drug-likeness (QED) is 0.440. The molecule has 2 aliphatic heterocycles. The Balaban J connectivity index is 1.17. The summed E-state index contributed by atoms with van der Waals surface area (Å²) in [5, 5.41) is 13.6. The average molecular weight is 573 g/mol. The number of nitrogens with one attached hydrogen (secondary N) is 1. The number of benzene rings is 2. The Morgan fingerprint density at radius 2 is 1.85 bits per heavy atom. The SMILES string of the molecule is Cc1ncsc1-c1ccc(CNC(=O)[C@@H]2C[C@@H](O)CN2C(=O)C(C2CCCCC2)N2Cc3ccccc3C2=O)cc1. The maximum absolute atomic E-state index is 14.3. The molecule has 3 atom stereocenters. The number of thiazole rings is 1. The summed E-state index contributed by atoms with van der Waals surface area (Å²) < 4.78 is 0. The van der Waals surface area contributed by atoms with E-state index in [9.17, 15) is 19.5 Å². The van der Waals surface area contributed by atoms with Crippen molar-refractivity contribution in [3.8, 4) is 10.4 Å². The predicted molar refractivity (Wildman–Crippen MR) is 157 cm³/mol. The molecule has 3 aliphatic rings. The maximum atomic E-state index is 14.3. The molecular weight excluding hydrogens is 536 g/mol. The van der Waals surface area contributed by atoms with Gasteiger partial charge in [0.1, 0.15) is 12.1 Å². The van der Waals surface area contributed by atoms with E-state index in [1.807, 2.05) is 61.0 Å². The van der Waals surface area contributed by atoms with Crippen molar-refractivity contribution in [2.45, 2.75) is 76.7 Å². The monoisotopic (exact) mass is 572 g/mol. The number of carbonyl (C=O) groups excluding carboxylic acids is 3. The van der Waals surface area contributed by atoms with Crippen LogP contribution in [0.3, 0.4) is 0 Å². The summed E-state index contributed by atoms with van der Waals surface area (Å²) in [7, 11) is 0. The molecule has 41 heavy (non-hydrogen) atoms. The third-order valence-electron chi connectivity index (χ3n) is 8.83. The zero-order valence-electron chi connectivity index (χ0n) is 23.3. The molecule has 1 aromatic heterocycles. The van der Waals surface area contributed by atoms with E-state index in [1.165, 1.54) is 4.90 Å². The second kappa shape index (κ2) is 11.7. The lowest BCUT2D eigenvalue weighted by atomic mass is 9.82. The molecule has 2 fully saturated rings. The zero-order chi connectivity index (χ0) is 28.5. The number of rotatable bonds is 7. The van der Waals surface area contributed by atoms with Crippen LogP contribution >= 0.6 is 11.3 Å². The van der Waals surface area contributed by atoms with E-state index >= 15 is 0 Å². The van der Waals surface area contributed by atoms with Crippen molar-refractivity contribution in [3.63, 3.8) is 0 Å². The van der Waals surface area contributed by atoms with Gasteiger partial charge in [-0.25, -0.2) is 4.98 Å². The molecule has 6 rings (SSSR count). The first kappa shape index (κ1) is 27.6. The van der Waals surface area contributed by atoms with Crippen molar-refractivity contribution in [3.05, 3.63) is 76.4 Å². The van der Waals surface area contributed by atoms with Crippen LogP contribution in [0, 0.1) is 12.8 Å². The summed E-state index contributed by atoms with van der Waals surface area (Å²) in [4.78, 5) is 49.9. The highest BCUT2D eigenvalue weighted by Gasteiger charge is 2.47. The number of hydrogen-bond acceptors (Lipinski definition) is 6. The molecular formula is C32H36N4O4S. The normalized spacial score (nSPS) is 21.7. The first-order valence-electron chi connectivity index (χ1n) is 14.5. The smallest absolute Gasteiger partial charge is 0.255 e. The summed E-state index contributed by atoms with van der Waals surface area (Å²) in [6, 6.07) is 14.1. The van der Waals surface area contributed by atoms with E-state index in [2.05, 4.69) is 10.3 Å². The molecule has 3 heterocycles. The second-order valence-electron chi connectivity index (χ2n) is 11.5. The fraction of sp³-hybridized carbons (Fsp3) is 0.438. The minimum atomic E-state index is -0.782. The van der Waals surface area contributed by atoms with E-state index in [1.54, 1.807) is 16.2 Å². The Morgan fingerprint density at radius 1 is 1.10 bits per heavy atom. The van der Waals surface area contributed by atoms with Crippen molar-refractivity contribution in [2.75, 3.05) is 6.54 Å². The third-order valence-corrected chi connectivity index (χ3v) is 9.81. The molecule has 1 aliphatic carbocycles. The van der Waals surface area contributed by atoms with Crippen LogP contribution < -0.4 is 5.32 Å². The Labute approximate surface area is 244 Å². The number of nitrogens with zero attached hydrogens (tertiary/aromatic N) is 3. The molecule has 1 saturated heterocycles. The predicted octanol–water partition coefficient (Wildman–Crippen LogP) is 4.30. The van der Waals surface area contributed by atoms with Gasteiger partial charge in [-0.15, -0.1) is 11.3 Å². The number of hydrogen-bond donors (Lipinski definition) is 2. The minimum Gasteiger partial charge on any atom is -0.391 e. The molecule has 8 nitrogen and oxygen atoms in total. The lowest BCUT2D eigenvalue weighted by Crippen LogP contribution is -2.56. The molecule has 3 aromatic rings.